The number of fused-ring (bicyclic) bond motifs is 2. The molecule has 43 heavy (non-hydrogen) atoms. The van der Waals surface area contributed by atoms with Gasteiger partial charge in [0.1, 0.15) is 23.3 Å². The molecule has 0 radical (unpaired) electrons. The summed E-state index contributed by atoms with van der Waals surface area (Å²) in [6, 6.07) is 5.38. The number of aromatic amines is 1. The molecule has 10 nitrogen and oxygen atoms in total. The number of H-pyrrole nitrogens is 1. The second-order valence-electron chi connectivity index (χ2n) is 12.9. The highest BCUT2D eigenvalue weighted by atomic mass is 16.5. The van der Waals surface area contributed by atoms with E-state index in [2.05, 4.69) is 15.6 Å². The molecular weight excluding hydrogens is 548 g/mol. The van der Waals surface area contributed by atoms with E-state index in [0.717, 1.165) is 68.7 Å². The van der Waals surface area contributed by atoms with Crippen LogP contribution in [-0.4, -0.2) is 71.0 Å². The quantitative estimate of drug-likeness (QED) is 0.381. The average Bonchev–Trinajstić information content (AvgIpc) is 3.80. The van der Waals surface area contributed by atoms with E-state index in [9.17, 15) is 24.0 Å². The van der Waals surface area contributed by atoms with Gasteiger partial charge in [-0.3, -0.25) is 24.0 Å². The summed E-state index contributed by atoms with van der Waals surface area (Å²) in [6.45, 7) is 0.454. The van der Waals surface area contributed by atoms with Gasteiger partial charge in [-0.25, -0.2) is 0 Å². The minimum absolute atomic E-state index is 0.0252. The van der Waals surface area contributed by atoms with Gasteiger partial charge >= 0.3 is 0 Å². The first-order valence-electron chi connectivity index (χ1n) is 16.0. The molecule has 1 saturated heterocycles. The Labute approximate surface area is 251 Å². The number of likely N-dealkylation sites (tertiary alicyclic amines) is 1. The standard InChI is InChI=1S/C33H42N4O6/c1-43-28-15-7-13-24-23(28)17-26(35-24)33(42)37-18-20-9-5-12-22(20)29(37)31(40)36-25(16-19-8-6-14-27(19)38)30(39)32(41)34-21-10-3-2-4-11-21/h7,13,15,17,19-22,25,29,35H,2-6,8-12,14,16,18H2,1H3,(H,34,41)(H,36,40)/t19-,20-,22-,25-,29-/m0/s1. The SMILES string of the molecule is COc1cccc2[nH]c(C(=O)N3C[C@@H]4CCC[C@@H]4[C@H]3C(=O)N[C@@H](C[C@@H]3CCCC3=O)C(=O)C(=O)NC3CCCCC3)cc12. The maximum atomic E-state index is 14.1. The molecule has 0 spiro atoms. The van der Waals surface area contributed by atoms with Crippen molar-refractivity contribution in [3.8, 4) is 5.75 Å². The molecule has 3 saturated carbocycles. The number of benzene rings is 1. The van der Waals surface area contributed by atoms with Gasteiger partial charge in [-0.1, -0.05) is 31.7 Å². The summed E-state index contributed by atoms with van der Waals surface area (Å²) in [7, 11) is 1.58. The van der Waals surface area contributed by atoms with Crippen molar-refractivity contribution in [2.24, 2.45) is 17.8 Å². The highest BCUT2D eigenvalue weighted by Crippen LogP contribution is 2.43. The number of methoxy groups -OCH3 is 1. The maximum Gasteiger partial charge on any atom is 0.289 e. The zero-order valence-electron chi connectivity index (χ0n) is 24.9. The van der Waals surface area contributed by atoms with E-state index in [0.29, 0.717) is 30.8 Å². The third kappa shape index (κ3) is 5.93. The number of Topliss-reactive ketones (excluding diaryl/α,β-unsaturated/α-hetero) is 2. The van der Waals surface area contributed by atoms with Crippen molar-refractivity contribution in [3.05, 3.63) is 30.0 Å². The number of nitrogens with one attached hydrogen (secondary N) is 3. The lowest BCUT2D eigenvalue weighted by Crippen LogP contribution is -2.56. The largest absolute Gasteiger partial charge is 0.496 e. The Morgan fingerprint density at radius 1 is 1.02 bits per heavy atom. The lowest BCUT2D eigenvalue weighted by Gasteiger charge is -2.29. The Morgan fingerprint density at radius 3 is 2.58 bits per heavy atom. The van der Waals surface area contributed by atoms with Crippen LogP contribution in [0, 0.1) is 17.8 Å². The summed E-state index contributed by atoms with van der Waals surface area (Å²) in [5, 5.41) is 6.56. The first kappa shape index (κ1) is 29.4. The van der Waals surface area contributed by atoms with Crippen LogP contribution in [0.2, 0.25) is 0 Å². The number of ketones is 2. The van der Waals surface area contributed by atoms with Crippen LogP contribution < -0.4 is 15.4 Å². The van der Waals surface area contributed by atoms with Crippen LogP contribution in [0.4, 0.5) is 0 Å². The summed E-state index contributed by atoms with van der Waals surface area (Å²) >= 11 is 0. The lowest BCUT2D eigenvalue weighted by molar-refractivity contribution is -0.141. The summed E-state index contributed by atoms with van der Waals surface area (Å²) in [5.41, 5.74) is 1.13. The van der Waals surface area contributed by atoms with Gasteiger partial charge in [-0.2, -0.15) is 0 Å². The lowest BCUT2D eigenvalue weighted by atomic mass is 9.91. The molecule has 2 heterocycles. The number of carbonyl (C=O) groups excluding carboxylic acids is 5. The second kappa shape index (κ2) is 12.5. The van der Waals surface area contributed by atoms with Crippen molar-refractivity contribution in [2.45, 2.75) is 95.2 Å². The molecule has 5 atom stereocenters. The van der Waals surface area contributed by atoms with Crippen molar-refractivity contribution < 1.29 is 28.7 Å². The van der Waals surface area contributed by atoms with Gasteiger partial charge in [-0.05, 0) is 75.0 Å². The Balaban J connectivity index is 1.23. The van der Waals surface area contributed by atoms with E-state index in [-0.39, 0.29) is 41.9 Å². The van der Waals surface area contributed by atoms with Crippen molar-refractivity contribution in [3.63, 3.8) is 0 Å². The number of hydrogen-bond donors (Lipinski definition) is 3. The Bertz CT molecular complexity index is 1410. The molecule has 4 fully saturated rings. The fourth-order valence-corrected chi connectivity index (χ4v) is 8.00. The van der Waals surface area contributed by atoms with Crippen LogP contribution in [0.5, 0.6) is 5.75 Å². The van der Waals surface area contributed by atoms with Gasteiger partial charge in [0.25, 0.3) is 11.8 Å². The molecule has 3 amide bonds. The van der Waals surface area contributed by atoms with E-state index < -0.39 is 29.7 Å². The Morgan fingerprint density at radius 2 is 1.84 bits per heavy atom. The van der Waals surface area contributed by atoms with E-state index in [1.807, 2.05) is 18.2 Å². The van der Waals surface area contributed by atoms with Crippen molar-refractivity contribution in [2.75, 3.05) is 13.7 Å². The number of ether oxygens (including phenoxy) is 1. The molecule has 2 aromatic rings. The predicted molar refractivity (Wildman–Crippen MR) is 159 cm³/mol. The molecule has 3 aliphatic carbocycles. The third-order valence-electron chi connectivity index (χ3n) is 10.2. The van der Waals surface area contributed by atoms with E-state index in [4.69, 9.17) is 4.74 Å². The van der Waals surface area contributed by atoms with Crippen molar-refractivity contribution in [1.29, 1.82) is 0 Å². The zero-order chi connectivity index (χ0) is 30.1. The summed E-state index contributed by atoms with van der Waals surface area (Å²) < 4.78 is 5.46. The number of hydrogen-bond acceptors (Lipinski definition) is 6. The number of amides is 3. The summed E-state index contributed by atoms with van der Waals surface area (Å²) in [4.78, 5) is 72.0. The summed E-state index contributed by atoms with van der Waals surface area (Å²) in [5.74, 6) is -1.59. The first-order chi connectivity index (χ1) is 20.8. The van der Waals surface area contributed by atoms with Gasteiger partial charge in [0.05, 0.1) is 13.2 Å². The van der Waals surface area contributed by atoms with Gasteiger partial charge < -0.3 is 25.3 Å². The molecule has 0 bridgehead atoms. The van der Waals surface area contributed by atoms with Crippen LogP contribution in [0.1, 0.15) is 87.5 Å². The minimum atomic E-state index is -1.11. The van der Waals surface area contributed by atoms with Crippen LogP contribution in [-0.2, 0) is 19.2 Å². The molecule has 230 valence electrons. The number of rotatable bonds is 9. The first-order valence-corrected chi connectivity index (χ1v) is 16.0. The predicted octanol–water partition coefficient (Wildman–Crippen LogP) is 3.68. The van der Waals surface area contributed by atoms with Gasteiger partial charge in [0, 0.05) is 35.8 Å². The van der Waals surface area contributed by atoms with E-state index >= 15 is 0 Å². The number of carbonyl (C=O) groups is 5. The molecule has 4 aliphatic rings. The smallest absolute Gasteiger partial charge is 0.289 e. The fourth-order valence-electron chi connectivity index (χ4n) is 8.00. The zero-order valence-corrected chi connectivity index (χ0v) is 24.9. The van der Waals surface area contributed by atoms with Crippen LogP contribution in [0.15, 0.2) is 24.3 Å². The van der Waals surface area contributed by atoms with Crippen LogP contribution >= 0.6 is 0 Å². The van der Waals surface area contributed by atoms with Crippen LogP contribution in [0.25, 0.3) is 10.9 Å². The molecule has 1 aromatic heterocycles. The summed E-state index contributed by atoms with van der Waals surface area (Å²) in [6.07, 6.45) is 9.48. The fraction of sp³-hybridized carbons (Fsp3) is 0.606. The molecule has 3 N–H and O–H groups in total. The third-order valence-corrected chi connectivity index (χ3v) is 10.2. The monoisotopic (exact) mass is 590 g/mol. The van der Waals surface area contributed by atoms with Gasteiger partial charge in [0.15, 0.2) is 0 Å². The Hall–Kier alpha value is -3.69. The van der Waals surface area contributed by atoms with Crippen molar-refractivity contribution in [1.82, 2.24) is 20.5 Å². The molecular formula is C33H42N4O6. The minimum Gasteiger partial charge on any atom is -0.496 e. The number of aromatic nitrogens is 1. The van der Waals surface area contributed by atoms with E-state index in [1.165, 1.54) is 0 Å². The highest BCUT2D eigenvalue weighted by molar-refractivity contribution is 6.38. The van der Waals surface area contributed by atoms with E-state index in [1.54, 1.807) is 18.1 Å². The Kier molecular flexibility index (Phi) is 8.54. The average molecular weight is 591 g/mol. The highest BCUT2D eigenvalue weighted by Gasteiger charge is 2.50. The molecule has 1 aliphatic heterocycles. The maximum absolute atomic E-state index is 14.1. The van der Waals surface area contributed by atoms with Crippen molar-refractivity contribution >= 4 is 40.2 Å². The van der Waals surface area contributed by atoms with Gasteiger partial charge in [0.2, 0.25) is 11.7 Å². The van der Waals surface area contributed by atoms with Gasteiger partial charge in [-0.15, -0.1) is 0 Å². The molecule has 10 heteroatoms. The number of nitrogens with zero attached hydrogens (tertiary/aromatic N) is 1. The van der Waals surface area contributed by atoms with Crippen LogP contribution in [0.3, 0.4) is 0 Å². The molecule has 1 aromatic carbocycles. The molecule has 0 unspecified atom stereocenters. The molecule has 6 rings (SSSR count). The second-order valence-corrected chi connectivity index (χ2v) is 12.9. The normalized spacial score (nSPS) is 26.3. The topological polar surface area (TPSA) is 138 Å².